The minimum atomic E-state index is -3.77. The maximum Gasteiger partial charge on any atom is 0.243 e. The summed E-state index contributed by atoms with van der Waals surface area (Å²) >= 11 is 0. The van der Waals surface area contributed by atoms with E-state index in [0.29, 0.717) is 24.7 Å². The average Bonchev–Trinajstić information content (AvgIpc) is 2.75. The van der Waals surface area contributed by atoms with Crippen molar-refractivity contribution in [2.24, 2.45) is 0 Å². The molecule has 1 aliphatic rings. The van der Waals surface area contributed by atoms with E-state index in [9.17, 15) is 8.42 Å². The van der Waals surface area contributed by atoms with Crippen molar-refractivity contribution < 1.29 is 17.9 Å². The number of fused-ring (bicyclic) bond motifs is 1. The van der Waals surface area contributed by atoms with Crippen LogP contribution in [0.3, 0.4) is 0 Å². The second-order valence-corrected chi connectivity index (χ2v) is 8.55. The molecule has 0 fully saturated rings. The van der Waals surface area contributed by atoms with Gasteiger partial charge in [0.05, 0.1) is 10.9 Å². The minimum absolute atomic E-state index is 0.177. The van der Waals surface area contributed by atoms with Crippen molar-refractivity contribution in [3.05, 3.63) is 90.0 Å². The van der Waals surface area contributed by atoms with Crippen LogP contribution >= 0.6 is 0 Å². The van der Waals surface area contributed by atoms with E-state index in [-0.39, 0.29) is 4.90 Å². The molecule has 0 spiro atoms. The SMILES string of the molecule is CN(C(c1ccccc1)c1ccccc1)S(=O)(=O)c1ccc2c(c1)OCCO2. The third-order valence-corrected chi connectivity index (χ3v) is 6.60. The van der Waals surface area contributed by atoms with Gasteiger partial charge in [-0.05, 0) is 23.3 Å². The van der Waals surface area contributed by atoms with E-state index in [1.54, 1.807) is 19.2 Å². The Kier molecular flexibility index (Phi) is 5.07. The largest absolute Gasteiger partial charge is 0.486 e. The van der Waals surface area contributed by atoms with E-state index >= 15 is 0 Å². The first-order valence-corrected chi connectivity index (χ1v) is 10.5. The molecule has 4 rings (SSSR count). The van der Waals surface area contributed by atoms with Crippen LogP contribution in [0.4, 0.5) is 0 Å². The van der Waals surface area contributed by atoms with Crippen LogP contribution in [0.2, 0.25) is 0 Å². The summed E-state index contributed by atoms with van der Waals surface area (Å²) < 4.78 is 39.3. The zero-order valence-electron chi connectivity index (χ0n) is 15.5. The first kappa shape index (κ1) is 18.5. The van der Waals surface area contributed by atoms with Crippen LogP contribution in [0.1, 0.15) is 17.2 Å². The van der Waals surface area contributed by atoms with Crippen LogP contribution in [-0.2, 0) is 10.0 Å². The molecular formula is C22H21NO4S. The average molecular weight is 395 g/mol. The Bertz CT molecular complexity index is 1010. The highest BCUT2D eigenvalue weighted by Gasteiger charge is 2.31. The molecule has 3 aromatic rings. The lowest BCUT2D eigenvalue weighted by molar-refractivity contribution is 0.171. The van der Waals surface area contributed by atoms with Gasteiger partial charge in [0.15, 0.2) is 11.5 Å². The fourth-order valence-electron chi connectivity index (χ4n) is 3.37. The van der Waals surface area contributed by atoms with E-state index in [0.717, 1.165) is 11.1 Å². The van der Waals surface area contributed by atoms with E-state index in [2.05, 4.69) is 0 Å². The van der Waals surface area contributed by atoms with Crippen LogP contribution in [-0.4, -0.2) is 33.0 Å². The number of hydrogen-bond acceptors (Lipinski definition) is 4. The number of hydrogen-bond donors (Lipinski definition) is 0. The zero-order chi connectivity index (χ0) is 19.6. The van der Waals surface area contributed by atoms with E-state index in [4.69, 9.17) is 9.47 Å². The van der Waals surface area contributed by atoms with Gasteiger partial charge < -0.3 is 9.47 Å². The van der Waals surface area contributed by atoms with Crippen LogP contribution in [0.5, 0.6) is 11.5 Å². The molecule has 3 aromatic carbocycles. The van der Waals surface area contributed by atoms with Gasteiger partial charge in [0.2, 0.25) is 10.0 Å². The zero-order valence-corrected chi connectivity index (χ0v) is 16.3. The maximum atomic E-state index is 13.4. The van der Waals surface area contributed by atoms with E-state index in [1.165, 1.54) is 10.4 Å². The summed E-state index contributed by atoms with van der Waals surface area (Å²) in [6.07, 6.45) is 0. The first-order valence-electron chi connectivity index (χ1n) is 9.05. The Balaban J connectivity index is 1.77. The smallest absolute Gasteiger partial charge is 0.243 e. The van der Waals surface area contributed by atoms with Crippen molar-refractivity contribution in [1.29, 1.82) is 0 Å². The first-order chi connectivity index (χ1) is 13.6. The summed E-state index contributed by atoms with van der Waals surface area (Å²) in [5, 5.41) is 0. The lowest BCUT2D eigenvalue weighted by Crippen LogP contribution is -2.32. The van der Waals surface area contributed by atoms with Crippen LogP contribution in [0, 0.1) is 0 Å². The summed E-state index contributed by atoms with van der Waals surface area (Å²) in [6.45, 7) is 0.867. The molecular weight excluding hydrogens is 374 g/mol. The molecule has 1 heterocycles. The van der Waals surface area contributed by atoms with Gasteiger partial charge in [-0.2, -0.15) is 4.31 Å². The fourth-order valence-corrected chi connectivity index (χ4v) is 4.72. The third kappa shape index (κ3) is 3.48. The lowest BCUT2D eigenvalue weighted by atomic mass is 9.99. The molecule has 0 saturated carbocycles. The van der Waals surface area contributed by atoms with Crippen molar-refractivity contribution >= 4 is 10.0 Å². The highest BCUT2D eigenvalue weighted by molar-refractivity contribution is 7.89. The molecule has 28 heavy (non-hydrogen) atoms. The number of rotatable bonds is 5. The number of benzene rings is 3. The Labute approximate surface area is 165 Å². The van der Waals surface area contributed by atoms with Crippen molar-refractivity contribution in [3.8, 4) is 11.5 Å². The Morgan fingerprint density at radius 3 is 1.89 bits per heavy atom. The number of sulfonamides is 1. The van der Waals surface area contributed by atoms with Crippen molar-refractivity contribution in [1.82, 2.24) is 4.31 Å². The molecule has 0 bridgehead atoms. The Hall–Kier alpha value is -2.83. The normalized spacial score (nSPS) is 13.7. The van der Waals surface area contributed by atoms with Crippen molar-refractivity contribution in [2.45, 2.75) is 10.9 Å². The third-order valence-electron chi connectivity index (χ3n) is 4.78. The summed E-state index contributed by atoms with van der Waals surface area (Å²) in [5.74, 6) is 1.02. The molecule has 144 valence electrons. The topological polar surface area (TPSA) is 55.8 Å². The van der Waals surface area contributed by atoms with Crippen LogP contribution < -0.4 is 9.47 Å². The summed E-state index contributed by atoms with van der Waals surface area (Å²) in [4.78, 5) is 0.177. The van der Waals surface area contributed by atoms with Gasteiger partial charge in [0.25, 0.3) is 0 Å². The second kappa shape index (κ2) is 7.66. The van der Waals surface area contributed by atoms with Crippen LogP contribution in [0.25, 0.3) is 0 Å². The second-order valence-electron chi connectivity index (χ2n) is 6.55. The molecule has 0 N–H and O–H groups in total. The van der Waals surface area contributed by atoms with E-state index < -0.39 is 16.1 Å². The van der Waals surface area contributed by atoms with Gasteiger partial charge in [-0.1, -0.05) is 60.7 Å². The Morgan fingerprint density at radius 1 is 0.786 bits per heavy atom. The quantitative estimate of drug-likeness (QED) is 0.658. The molecule has 0 unspecified atom stereocenters. The standard InChI is InChI=1S/C22H21NO4S/c1-23(22(17-8-4-2-5-9-17)18-10-6-3-7-11-18)28(24,25)19-12-13-20-21(16-19)27-15-14-26-20/h2-13,16,22H,14-15H2,1H3. The highest BCUT2D eigenvalue weighted by Crippen LogP contribution is 2.36. The molecule has 0 atom stereocenters. The monoisotopic (exact) mass is 395 g/mol. The molecule has 0 saturated heterocycles. The molecule has 0 radical (unpaired) electrons. The summed E-state index contributed by atoms with van der Waals surface area (Å²) in [5.41, 5.74) is 1.80. The molecule has 6 heteroatoms. The van der Waals surface area contributed by atoms with Gasteiger partial charge >= 0.3 is 0 Å². The summed E-state index contributed by atoms with van der Waals surface area (Å²) in [7, 11) is -2.16. The molecule has 0 amide bonds. The van der Waals surface area contributed by atoms with Crippen molar-refractivity contribution in [3.63, 3.8) is 0 Å². The molecule has 0 aromatic heterocycles. The predicted molar refractivity (Wildman–Crippen MR) is 107 cm³/mol. The summed E-state index contributed by atoms with van der Waals surface area (Å²) in [6, 6.07) is 23.5. The van der Waals surface area contributed by atoms with Gasteiger partial charge in [-0.15, -0.1) is 0 Å². The predicted octanol–water partition coefficient (Wildman–Crippen LogP) is 3.87. The fraction of sp³-hybridized carbons (Fsp3) is 0.182. The Morgan fingerprint density at radius 2 is 1.32 bits per heavy atom. The number of nitrogens with zero attached hydrogens (tertiary/aromatic N) is 1. The lowest BCUT2D eigenvalue weighted by Gasteiger charge is -2.29. The van der Waals surface area contributed by atoms with Crippen LogP contribution in [0.15, 0.2) is 83.8 Å². The molecule has 0 aliphatic carbocycles. The minimum Gasteiger partial charge on any atom is -0.486 e. The van der Waals surface area contributed by atoms with Gasteiger partial charge in [0.1, 0.15) is 13.2 Å². The molecule has 5 nitrogen and oxygen atoms in total. The highest BCUT2D eigenvalue weighted by atomic mass is 32.2. The molecule has 1 aliphatic heterocycles. The van der Waals surface area contributed by atoms with Gasteiger partial charge in [-0.25, -0.2) is 8.42 Å². The van der Waals surface area contributed by atoms with Gasteiger partial charge in [0, 0.05) is 13.1 Å². The number of ether oxygens (including phenoxy) is 2. The van der Waals surface area contributed by atoms with Gasteiger partial charge in [-0.3, -0.25) is 0 Å². The van der Waals surface area contributed by atoms with E-state index in [1.807, 2.05) is 60.7 Å². The maximum absolute atomic E-state index is 13.4. The van der Waals surface area contributed by atoms with Crippen molar-refractivity contribution in [2.75, 3.05) is 20.3 Å².